The lowest BCUT2D eigenvalue weighted by atomic mass is 10.0. The average molecular weight is 200 g/mol. The van der Waals surface area contributed by atoms with Gasteiger partial charge in [-0.25, -0.2) is 0 Å². The Morgan fingerprint density at radius 3 is 1.86 bits per heavy atom. The molecule has 0 heterocycles. The van der Waals surface area contributed by atoms with E-state index in [1.54, 1.807) is 0 Å². The van der Waals surface area contributed by atoms with E-state index in [-0.39, 0.29) is 0 Å². The predicted octanol–water partition coefficient (Wildman–Crippen LogP) is 2.35. The van der Waals surface area contributed by atoms with E-state index in [2.05, 4.69) is 58.8 Å². The summed E-state index contributed by atoms with van der Waals surface area (Å²) in [5, 5.41) is 3.49. The fraction of sp³-hybridized carbons (Fsp3) is 1.00. The molecule has 0 saturated carbocycles. The summed E-state index contributed by atoms with van der Waals surface area (Å²) in [4.78, 5) is 2.44. The first-order valence-corrected chi connectivity index (χ1v) is 5.81. The molecule has 2 heteroatoms. The topological polar surface area (TPSA) is 15.3 Å². The van der Waals surface area contributed by atoms with Crippen molar-refractivity contribution in [3.8, 4) is 0 Å². The monoisotopic (exact) mass is 200 g/mol. The Morgan fingerprint density at radius 1 is 1.00 bits per heavy atom. The van der Waals surface area contributed by atoms with E-state index >= 15 is 0 Å². The molecule has 2 atom stereocenters. The quantitative estimate of drug-likeness (QED) is 0.708. The Hall–Kier alpha value is -0.0800. The van der Waals surface area contributed by atoms with Crippen LogP contribution in [-0.2, 0) is 0 Å². The van der Waals surface area contributed by atoms with Gasteiger partial charge in [0.15, 0.2) is 0 Å². The largest absolute Gasteiger partial charge is 0.314 e. The first kappa shape index (κ1) is 13.9. The number of hydrogen-bond donors (Lipinski definition) is 1. The normalized spacial score (nSPS) is 16.7. The summed E-state index contributed by atoms with van der Waals surface area (Å²) in [7, 11) is 2.21. The molecule has 1 N–H and O–H groups in total. The lowest BCUT2D eigenvalue weighted by Crippen LogP contribution is -2.43. The first-order valence-electron chi connectivity index (χ1n) is 5.81. The van der Waals surface area contributed by atoms with Crippen molar-refractivity contribution in [2.75, 3.05) is 13.6 Å². The van der Waals surface area contributed by atoms with Crippen LogP contribution >= 0.6 is 0 Å². The third kappa shape index (κ3) is 4.97. The zero-order valence-corrected chi connectivity index (χ0v) is 11.0. The molecular formula is C12H28N2. The second-order valence-electron chi connectivity index (χ2n) is 5.04. The molecule has 0 aromatic heterocycles. The molecule has 2 nitrogen and oxygen atoms in total. The van der Waals surface area contributed by atoms with Crippen LogP contribution in [-0.4, -0.2) is 36.6 Å². The number of hydrogen-bond acceptors (Lipinski definition) is 2. The van der Waals surface area contributed by atoms with Gasteiger partial charge in [-0.15, -0.1) is 0 Å². The SMILES string of the molecule is CC(C)NCC(C)C(C)N(C)C(C)C. The lowest BCUT2D eigenvalue weighted by Gasteiger charge is -2.33. The highest BCUT2D eigenvalue weighted by atomic mass is 15.2. The van der Waals surface area contributed by atoms with Crippen molar-refractivity contribution < 1.29 is 0 Å². The van der Waals surface area contributed by atoms with Gasteiger partial charge in [-0.05, 0) is 40.3 Å². The zero-order valence-electron chi connectivity index (χ0n) is 11.0. The summed E-state index contributed by atoms with van der Waals surface area (Å²) in [6.45, 7) is 14.6. The van der Waals surface area contributed by atoms with Crippen LogP contribution in [0.3, 0.4) is 0 Å². The molecule has 86 valence electrons. The Labute approximate surface area is 90.1 Å². The maximum atomic E-state index is 3.49. The first-order chi connectivity index (χ1) is 6.36. The van der Waals surface area contributed by atoms with Crippen molar-refractivity contribution in [3.05, 3.63) is 0 Å². The Kier molecular flexibility index (Phi) is 6.38. The van der Waals surface area contributed by atoms with E-state index in [4.69, 9.17) is 0 Å². The predicted molar refractivity (Wildman–Crippen MR) is 64.7 cm³/mol. The van der Waals surface area contributed by atoms with Crippen molar-refractivity contribution in [3.63, 3.8) is 0 Å². The van der Waals surface area contributed by atoms with E-state index in [1.165, 1.54) is 0 Å². The van der Waals surface area contributed by atoms with Crippen LogP contribution in [0.2, 0.25) is 0 Å². The molecule has 0 aromatic rings. The summed E-state index contributed by atoms with van der Waals surface area (Å²) >= 11 is 0. The number of nitrogens with zero attached hydrogens (tertiary/aromatic N) is 1. The average Bonchev–Trinajstić information content (AvgIpc) is 2.11. The molecule has 0 rings (SSSR count). The summed E-state index contributed by atoms with van der Waals surface area (Å²) in [5.74, 6) is 0.699. The van der Waals surface area contributed by atoms with Crippen LogP contribution in [0.1, 0.15) is 41.5 Å². The van der Waals surface area contributed by atoms with Gasteiger partial charge < -0.3 is 10.2 Å². The van der Waals surface area contributed by atoms with Crippen molar-refractivity contribution in [1.29, 1.82) is 0 Å². The fourth-order valence-electron chi connectivity index (χ4n) is 1.46. The fourth-order valence-corrected chi connectivity index (χ4v) is 1.46. The van der Waals surface area contributed by atoms with Crippen molar-refractivity contribution in [1.82, 2.24) is 10.2 Å². The van der Waals surface area contributed by atoms with Gasteiger partial charge in [0, 0.05) is 18.1 Å². The van der Waals surface area contributed by atoms with Gasteiger partial charge in [0.2, 0.25) is 0 Å². The second kappa shape index (κ2) is 6.41. The van der Waals surface area contributed by atoms with Crippen LogP contribution in [0, 0.1) is 5.92 Å². The van der Waals surface area contributed by atoms with Crippen LogP contribution in [0.4, 0.5) is 0 Å². The maximum absolute atomic E-state index is 3.49. The van der Waals surface area contributed by atoms with Crippen LogP contribution in [0.5, 0.6) is 0 Å². The second-order valence-corrected chi connectivity index (χ2v) is 5.04. The van der Waals surface area contributed by atoms with Crippen molar-refractivity contribution in [2.45, 2.75) is 59.7 Å². The smallest absolute Gasteiger partial charge is 0.0104 e. The van der Waals surface area contributed by atoms with Crippen molar-refractivity contribution in [2.24, 2.45) is 5.92 Å². The van der Waals surface area contributed by atoms with Crippen LogP contribution in [0.15, 0.2) is 0 Å². The van der Waals surface area contributed by atoms with Gasteiger partial charge in [0.05, 0.1) is 0 Å². The van der Waals surface area contributed by atoms with Gasteiger partial charge in [-0.2, -0.15) is 0 Å². The van der Waals surface area contributed by atoms with Gasteiger partial charge >= 0.3 is 0 Å². The lowest BCUT2D eigenvalue weighted by molar-refractivity contribution is 0.157. The highest BCUT2D eigenvalue weighted by Crippen LogP contribution is 2.11. The third-order valence-electron chi connectivity index (χ3n) is 3.13. The van der Waals surface area contributed by atoms with Crippen LogP contribution in [0.25, 0.3) is 0 Å². The van der Waals surface area contributed by atoms with Gasteiger partial charge in [0.25, 0.3) is 0 Å². The minimum atomic E-state index is 0.592. The molecule has 0 aliphatic carbocycles. The van der Waals surface area contributed by atoms with Gasteiger partial charge in [-0.3, -0.25) is 0 Å². The number of nitrogens with one attached hydrogen (secondary N) is 1. The number of rotatable bonds is 6. The maximum Gasteiger partial charge on any atom is 0.0104 e. The van der Waals surface area contributed by atoms with E-state index < -0.39 is 0 Å². The van der Waals surface area contributed by atoms with E-state index in [0.717, 1.165) is 6.54 Å². The molecule has 2 unspecified atom stereocenters. The highest BCUT2D eigenvalue weighted by molar-refractivity contribution is 4.74. The molecule has 0 spiro atoms. The van der Waals surface area contributed by atoms with Crippen molar-refractivity contribution >= 4 is 0 Å². The van der Waals surface area contributed by atoms with E-state index in [0.29, 0.717) is 24.0 Å². The molecule has 0 bridgehead atoms. The van der Waals surface area contributed by atoms with Gasteiger partial charge in [0.1, 0.15) is 0 Å². The molecule has 0 aliphatic rings. The zero-order chi connectivity index (χ0) is 11.3. The minimum absolute atomic E-state index is 0.592. The summed E-state index contributed by atoms with van der Waals surface area (Å²) in [5.41, 5.74) is 0. The van der Waals surface area contributed by atoms with E-state index in [1.807, 2.05) is 0 Å². The third-order valence-corrected chi connectivity index (χ3v) is 3.13. The minimum Gasteiger partial charge on any atom is -0.314 e. The molecule has 0 aliphatic heterocycles. The Balaban J connectivity index is 3.92. The molecule has 0 fully saturated rings. The summed E-state index contributed by atoms with van der Waals surface area (Å²) in [6.07, 6.45) is 0. The Bertz CT molecular complexity index is 143. The molecular weight excluding hydrogens is 172 g/mol. The molecule has 0 saturated heterocycles. The molecule has 0 amide bonds. The summed E-state index contributed by atoms with van der Waals surface area (Å²) in [6, 6.07) is 1.86. The summed E-state index contributed by atoms with van der Waals surface area (Å²) < 4.78 is 0. The van der Waals surface area contributed by atoms with Crippen LogP contribution < -0.4 is 5.32 Å². The molecule has 14 heavy (non-hydrogen) atoms. The Morgan fingerprint density at radius 2 is 1.50 bits per heavy atom. The van der Waals surface area contributed by atoms with Gasteiger partial charge in [-0.1, -0.05) is 20.8 Å². The molecule has 0 radical (unpaired) electrons. The molecule has 0 aromatic carbocycles. The van der Waals surface area contributed by atoms with E-state index in [9.17, 15) is 0 Å². The highest BCUT2D eigenvalue weighted by Gasteiger charge is 2.18. The standard InChI is InChI=1S/C12H28N2/c1-9(2)13-8-11(5)12(6)14(7)10(3)4/h9-13H,8H2,1-7H3.